The predicted octanol–water partition coefficient (Wildman–Crippen LogP) is 3.60. The molecule has 13 heavy (non-hydrogen) atoms. The summed E-state index contributed by atoms with van der Waals surface area (Å²) in [5.74, 6) is -7.98. The molecular formula is C6H5F7. The summed E-state index contributed by atoms with van der Waals surface area (Å²) in [6, 6.07) is 0. The molecule has 0 nitrogen and oxygen atoms in total. The van der Waals surface area contributed by atoms with Crippen LogP contribution in [0.5, 0.6) is 0 Å². The van der Waals surface area contributed by atoms with E-state index in [1.165, 1.54) is 0 Å². The van der Waals surface area contributed by atoms with Crippen LogP contribution in [-0.4, -0.2) is 12.6 Å². The summed E-state index contributed by atoms with van der Waals surface area (Å²) in [5, 5.41) is 0. The Morgan fingerprint density at radius 1 is 1.00 bits per heavy atom. The summed E-state index contributed by atoms with van der Waals surface area (Å²) >= 11 is 0. The maximum absolute atomic E-state index is 12.2. The first-order chi connectivity index (χ1) is 5.68. The number of allylic oxidation sites excluding steroid dienone is 2. The van der Waals surface area contributed by atoms with Crippen LogP contribution in [0.15, 0.2) is 11.7 Å². The summed E-state index contributed by atoms with van der Waals surface area (Å²) in [7, 11) is 0. The minimum atomic E-state index is -5.06. The van der Waals surface area contributed by atoms with Crippen LogP contribution in [-0.2, 0) is 0 Å². The zero-order valence-electron chi connectivity index (χ0n) is 6.30. The molecule has 0 aliphatic heterocycles. The molecule has 0 bridgehead atoms. The Morgan fingerprint density at radius 2 is 1.38 bits per heavy atom. The molecule has 0 aromatic heterocycles. The van der Waals surface area contributed by atoms with Crippen LogP contribution in [0.2, 0.25) is 0 Å². The summed E-state index contributed by atoms with van der Waals surface area (Å²) in [5.41, 5.74) is 0. The quantitative estimate of drug-likeness (QED) is 0.611. The second-order valence-corrected chi connectivity index (χ2v) is 2.26. The number of alkyl halides is 5. The molecule has 0 amide bonds. The van der Waals surface area contributed by atoms with Crippen molar-refractivity contribution < 1.29 is 30.7 Å². The van der Waals surface area contributed by atoms with Gasteiger partial charge in [-0.3, -0.25) is 0 Å². The van der Waals surface area contributed by atoms with E-state index in [1.807, 2.05) is 0 Å². The monoisotopic (exact) mass is 210 g/mol. The molecule has 78 valence electrons. The summed E-state index contributed by atoms with van der Waals surface area (Å²) in [6.45, 7) is 0.261. The third-order valence-electron chi connectivity index (χ3n) is 1.29. The van der Waals surface area contributed by atoms with Gasteiger partial charge in [-0.15, -0.1) is 0 Å². The molecule has 1 unspecified atom stereocenters. The minimum absolute atomic E-state index is 0.261. The Balaban J connectivity index is 4.78. The van der Waals surface area contributed by atoms with Crippen molar-refractivity contribution in [3.05, 3.63) is 11.7 Å². The Labute approximate surface area is 69.0 Å². The largest absolute Gasteiger partial charge is 0.397 e. The lowest BCUT2D eigenvalue weighted by Gasteiger charge is -2.13. The van der Waals surface area contributed by atoms with Crippen LogP contribution >= 0.6 is 0 Å². The highest BCUT2D eigenvalue weighted by Crippen LogP contribution is 2.35. The van der Waals surface area contributed by atoms with Crippen molar-refractivity contribution in [1.82, 2.24) is 0 Å². The molecular weight excluding hydrogens is 205 g/mol. The number of rotatable bonds is 2. The van der Waals surface area contributed by atoms with Crippen molar-refractivity contribution in [3.63, 3.8) is 0 Å². The van der Waals surface area contributed by atoms with Gasteiger partial charge in [0.05, 0.1) is 0 Å². The van der Waals surface area contributed by atoms with E-state index in [4.69, 9.17) is 0 Å². The van der Waals surface area contributed by atoms with Crippen molar-refractivity contribution in [2.45, 2.75) is 19.5 Å². The van der Waals surface area contributed by atoms with Crippen molar-refractivity contribution in [2.75, 3.05) is 0 Å². The zero-order chi connectivity index (χ0) is 10.8. The predicted molar refractivity (Wildman–Crippen MR) is 30.5 cm³/mol. The molecule has 0 saturated heterocycles. The molecule has 1 atom stereocenters. The van der Waals surface area contributed by atoms with Gasteiger partial charge in [-0.2, -0.15) is 13.2 Å². The first kappa shape index (κ1) is 12.2. The first-order valence-corrected chi connectivity index (χ1v) is 3.07. The van der Waals surface area contributed by atoms with Gasteiger partial charge in [-0.1, -0.05) is 0 Å². The molecule has 0 saturated carbocycles. The third kappa shape index (κ3) is 3.23. The van der Waals surface area contributed by atoms with E-state index in [0.29, 0.717) is 0 Å². The maximum atomic E-state index is 12.2. The number of halogens is 7. The van der Waals surface area contributed by atoms with E-state index < -0.39 is 30.2 Å². The van der Waals surface area contributed by atoms with Gasteiger partial charge in [0.25, 0.3) is 6.43 Å². The second-order valence-electron chi connectivity index (χ2n) is 2.26. The fourth-order valence-electron chi connectivity index (χ4n) is 0.455. The Bertz CT molecular complexity index is 202. The fourth-order valence-corrected chi connectivity index (χ4v) is 0.455. The molecule has 0 radical (unpaired) electrons. The molecule has 0 aromatic rings. The number of hydrogen-bond donors (Lipinski definition) is 0. The summed E-state index contributed by atoms with van der Waals surface area (Å²) in [4.78, 5) is 0. The van der Waals surface area contributed by atoms with Gasteiger partial charge in [0.15, 0.2) is 5.83 Å². The van der Waals surface area contributed by atoms with E-state index in [2.05, 4.69) is 0 Å². The maximum Gasteiger partial charge on any atom is 0.397 e. The van der Waals surface area contributed by atoms with E-state index in [-0.39, 0.29) is 6.92 Å². The van der Waals surface area contributed by atoms with Gasteiger partial charge in [-0.05, 0) is 6.92 Å². The Kier molecular flexibility index (Phi) is 3.74. The summed E-state index contributed by atoms with van der Waals surface area (Å²) in [6.07, 6.45) is -8.92. The van der Waals surface area contributed by atoms with Gasteiger partial charge < -0.3 is 0 Å². The van der Waals surface area contributed by atoms with Gasteiger partial charge in [-0.25, -0.2) is 17.6 Å². The second kappa shape index (κ2) is 3.97. The average molecular weight is 210 g/mol. The highest BCUT2D eigenvalue weighted by atomic mass is 19.4. The number of hydrogen-bond acceptors (Lipinski definition) is 0. The molecule has 0 aliphatic rings. The minimum Gasteiger partial charge on any atom is -0.208 e. The lowest BCUT2D eigenvalue weighted by molar-refractivity contribution is -0.164. The molecule has 0 fully saturated rings. The van der Waals surface area contributed by atoms with Crippen molar-refractivity contribution >= 4 is 0 Å². The fraction of sp³-hybridized carbons (Fsp3) is 0.667. The van der Waals surface area contributed by atoms with Gasteiger partial charge in [0.1, 0.15) is 11.7 Å². The van der Waals surface area contributed by atoms with E-state index in [0.717, 1.165) is 0 Å². The highest BCUT2D eigenvalue weighted by Gasteiger charge is 2.41. The molecule has 0 aromatic carbocycles. The highest BCUT2D eigenvalue weighted by molar-refractivity contribution is 5.07. The molecule has 0 aliphatic carbocycles. The average Bonchev–Trinajstić information content (AvgIpc) is 1.98. The Morgan fingerprint density at radius 3 is 1.62 bits per heavy atom. The Hall–Kier alpha value is -0.750. The smallest absolute Gasteiger partial charge is 0.208 e. The molecule has 7 heteroatoms. The van der Waals surface area contributed by atoms with E-state index >= 15 is 0 Å². The van der Waals surface area contributed by atoms with E-state index in [1.54, 1.807) is 0 Å². The van der Waals surface area contributed by atoms with Crippen LogP contribution in [0.1, 0.15) is 6.92 Å². The molecule has 0 N–H and O–H groups in total. The molecule has 0 rings (SSSR count). The van der Waals surface area contributed by atoms with E-state index in [9.17, 15) is 30.7 Å². The molecule has 0 spiro atoms. The van der Waals surface area contributed by atoms with Crippen LogP contribution in [0.3, 0.4) is 0 Å². The van der Waals surface area contributed by atoms with Gasteiger partial charge in [0.2, 0.25) is 0 Å². The summed E-state index contributed by atoms with van der Waals surface area (Å²) < 4.78 is 81.9. The van der Waals surface area contributed by atoms with Crippen molar-refractivity contribution in [1.29, 1.82) is 0 Å². The van der Waals surface area contributed by atoms with Crippen LogP contribution in [0.25, 0.3) is 0 Å². The topological polar surface area (TPSA) is 0 Å². The normalized spacial score (nSPS) is 17.3. The van der Waals surface area contributed by atoms with Crippen molar-refractivity contribution in [3.8, 4) is 0 Å². The third-order valence-corrected chi connectivity index (χ3v) is 1.29. The van der Waals surface area contributed by atoms with Gasteiger partial charge in [0, 0.05) is 0 Å². The lowest BCUT2D eigenvalue weighted by atomic mass is 10.1. The lowest BCUT2D eigenvalue weighted by Crippen LogP contribution is -2.21. The zero-order valence-corrected chi connectivity index (χ0v) is 6.30. The van der Waals surface area contributed by atoms with Crippen LogP contribution in [0, 0.1) is 5.92 Å². The van der Waals surface area contributed by atoms with Crippen LogP contribution < -0.4 is 0 Å². The molecule has 0 heterocycles. The van der Waals surface area contributed by atoms with Gasteiger partial charge >= 0.3 is 6.18 Å². The van der Waals surface area contributed by atoms with Crippen molar-refractivity contribution in [2.24, 2.45) is 5.92 Å². The first-order valence-electron chi connectivity index (χ1n) is 3.07. The standard InChI is InChI=1S/C6H5F7/c1-2(6(11,12)13)3(7)4(8)5(9)10/h2,5H,1H3. The SMILES string of the molecule is CC(C(F)=C(F)C(F)F)C(F)(F)F. The van der Waals surface area contributed by atoms with Crippen LogP contribution in [0.4, 0.5) is 30.7 Å².